The quantitative estimate of drug-likeness (QED) is 0.609. The molecule has 2 aliphatic heterocycles. The number of carbonyl (C=O) groups is 2. The normalized spacial score (nSPS) is 22.0. The van der Waals surface area contributed by atoms with Crippen molar-refractivity contribution in [2.45, 2.75) is 64.1 Å². The smallest absolute Gasteiger partial charge is 0.257 e. The molecule has 2 heterocycles. The molecule has 0 bridgehead atoms. The van der Waals surface area contributed by atoms with E-state index in [0.29, 0.717) is 37.6 Å². The van der Waals surface area contributed by atoms with E-state index in [2.05, 4.69) is 0 Å². The minimum atomic E-state index is -0.376. The third-order valence-electron chi connectivity index (χ3n) is 7.06. The van der Waals surface area contributed by atoms with E-state index in [1.54, 1.807) is 17.0 Å². The number of para-hydroxylation sites is 1. The van der Waals surface area contributed by atoms with Gasteiger partial charge in [-0.05, 0) is 49.6 Å². The molecule has 2 aliphatic rings. The number of halogens is 1. The summed E-state index contributed by atoms with van der Waals surface area (Å²) < 4.78 is 25.9. The molecule has 6 nitrogen and oxygen atoms in total. The van der Waals surface area contributed by atoms with Gasteiger partial charge in [0.25, 0.3) is 5.91 Å². The molecule has 1 saturated heterocycles. The van der Waals surface area contributed by atoms with E-state index in [9.17, 15) is 14.0 Å². The van der Waals surface area contributed by atoms with Gasteiger partial charge in [-0.25, -0.2) is 4.39 Å². The second-order valence-corrected chi connectivity index (χ2v) is 9.67. The highest BCUT2D eigenvalue weighted by atomic mass is 19.1. The lowest BCUT2D eigenvalue weighted by atomic mass is 10.1. The van der Waals surface area contributed by atoms with Crippen molar-refractivity contribution in [2.75, 3.05) is 32.8 Å². The third-order valence-corrected chi connectivity index (χ3v) is 7.06. The summed E-state index contributed by atoms with van der Waals surface area (Å²) in [5, 5.41) is 0. The molecule has 7 heteroatoms. The van der Waals surface area contributed by atoms with Gasteiger partial charge in [0.2, 0.25) is 5.91 Å². The zero-order valence-corrected chi connectivity index (χ0v) is 21.2. The Bertz CT molecular complexity index is 1010. The van der Waals surface area contributed by atoms with Crippen molar-refractivity contribution in [3.05, 3.63) is 65.5 Å². The first-order valence-electron chi connectivity index (χ1n) is 13.2. The number of ether oxygens (including phenoxy) is 2. The topological polar surface area (TPSA) is 59.1 Å². The number of nitrogens with zero attached hydrogens (tertiary/aromatic N) is 2. The molecule has 0 N–H and O–H groups in total. The molecule has 0 radical (unpaired) electrons. The summed E-state index contributed by atoms with van der Waals surface area (Å²) in [5.74, 6) is 0.132. The highest BCUT2D eigenvalue weighted by Crippen LogP contribution is 2.27. The fraction of sp³-hybridized carbons (Fsp3) is 0.517. The number of benzene rings is 2. The standard InChI is InChI=1S/C29H37FN2O4/c1-2-31-17-9-5-3-4-6-10-18-35-26-20-32(28(33)19-22-13-15-23(30)16-14-22)21-27(26)36-25-12-8-7-11-24(25)29(31)34/h7-8,11-16,26-27H,2-6,9-10,17-21H2,1H3/t26-,27-/m1/s1. The fourth-order valence-corrected chi connectivity index (χ4v) is 4.94. The van der Waals surface area contributed by atoms with Crippen LogP contribution in [-0.2, 0) is 16.0 Å². The lowest BCUT2D eigenvalue weighted by molar-refractivity contribution is -0.130. The maximum Gasteiger partial charge on any atom is 0.257 e. The molecule has 1 fully saturated rings. The van der Waals surface area contributed by atoms with Gasteiger partial charge in [-0.15, -0.1) is 0 Å². The highest BCUT2D eigenvalue weighted by molar-refractivity contribution is 5.97. The number of fused-ring (bicyclic) bond motifs is 2. The lowest BCUT2D eigenvalue weighted by Gasteiger charge is -2.25. The molecule has 2 aromatic carbocycles. The van der Waals surface area contributed by atoms with Gasteiger partial charge in [-0.2, -0.15) is 0 Å². The molecule has 0 aromatic heterocycles. The van der Waals surface area contributed by atoms with Gasteiger partial charge in [0, 0.05) is 19.7 Å². The van der Waals surface area contributed by atoms with E-state index in [0.717, 1.165) is 50.6 Å². The highest BCUT2D eigenvalue weighted by Gasteiger charge is 2.38. The lowest BCUT2D eigenvalue weighted by Crippen LogP contribution is -2.35. The Morgan fingerprint density at radius 1 is 0.944 bits per heavy atom. The van der Waals surface area contributed by atoms with Gasteiger partial charge < -0.3 is 19.3 Å². The Hall–Kier alpha value is -2.93. The summed E-state index contributed by atoms with van der Waals surface area (Å²) in [5.41, 5.74) is 1.31. The number of hydrogen-bond acceptors (Lipinski definition) is 4. The Labute approximate surface area is 213 Å². The van der Waals surface area contributed by atoms with Crippen LogP contribution >= 0.6 is 0 Å². The van der Waals surface area contributed by atoms with Crippen LogP contribution in [0.2, 0.25) is 0 Å². The average Bonchev–Trinajstić information content (AvgIpc) is 3.28. The van der Waals surface area contributed by atoms with Gasteiger partial charge in [-0.3, -0.25) is 9.59 Å². The summed E-state index contributed by atoms with van der Waals surface area (Å²) in [7, 11) is 0. The molecule has 0 unspecified atom stereocenters. The molecule has 2 amide bonds. The first-order chi connectivity index (χ1) is 17.5. The number of rotatable bonds is 3. The third kappa shape index (κ3) is 6.84. The van der Waals surface area contributed by atoms with Crippen LogP contribution in [-0.4, -0.2) is 66.6 Å². The summed E-state index contributed by atoms with van der Waals surface area (Å²) in [6.07, 6.45) is 6.03. The van der Waals surface area contributed by atoms with Crippen LogP contribution in [0.4, 0.5) is 4.39 Å². The van der Waals surface area contributed by atoms with Crippen LogP contribution < -0.4 is 4.74 Å². The Balaban J connectivity index is 1.52. The molecule has 0 aliphatic carbocycles. The molecular formula is C29H37FN2O4. The van der Waals surface area contributed by atoms with E-state index >= 15 is 0 Å². The Morgan fingerprint density at radius 3 is 2.42 bits per heavy atom. The van der Waals surface area contributed by atoms with E-state index in [-0.39, 0.29) is 36.3 Å². The van der Waals surface area contributed by atoms with E-state index in [4.69, 9.17) is 9.47 Å². The fourth-order valence-electron chi connectivity index (χ4n) is 4.94. The number of carbonyl (C=O) groups excluding carboxylic acids is 2. The van der Waals surface area contributed by atoms with Crippen molar-refractivity contribution in [2.24, 2.45) is 0 Å². The van der Waals surface area contributed by atoms with Crippen molar-refractivity contribution in [3.8, 4) is 5.75 Å². The van der Waals surface area contributed by atoms with Crippen molar-refractivity contribution in [3.63, 3.8) is 0 Å². The Kier molecular flexibility index (Phi) is 9.34. The molecule has 36 heavy (non-hydrogen) atoms. The van der Waals surface area contributed by atoms with Crippen molar-refractivity contribution in [1.29, 1.82) is 0 Å². The van der Waals surface area contributed by atoms with Gasteiger partial charge in [0.15, 0.2) is 0 Å². The van der Waals surface area contributed by atoms with Gasteiger partial charge >= 0.3 is 0 Å². The number of hydrogen-bond donors (Lipinski definition) is 0. The molecule has 0 spiro atoms. The zero-order valence-electron chi connectivity index (χ0n) is 21.2. The van der Waals surface area contributed by atoms with Crippen molar-refractivity contribution >= 4 is 11.8 Å². The number of likely N-dealkylation sites (tertiary alicyclic amines) is 1. The molecule has 2 aromatic rings. The molecular weight excluding hydrogens is 459 g/mol. The van der Waals surface area contributed by atoms with Crippen molar-refractivity contribution < 1.29 is 23.5 Å². The van der Waals surface area contributed by atoms with E-state index < -0.39 is 0 Å². The minimum Gasteiger partial charge on any atom is -0.485 e. The summed E-state index contributed by atoms with van der Waals surface area (Å²) in [6.45, 7) is 4.82. The first-order valence-corrected chi connectivity index (χ1v) is 13.2. The molecule has 2 atom stereocenters. The average molecular weight is 497 g/mol. The van der Waals surface area contributed by atoms with Crippen LogP contribution in [0.15, 0.2) is 48.5 Å². The van der Waals surface area contributed by atoms with Crippen LogP contribution in [0.3, 0.4) is 0 Å². The number of amides is 2. The summed E-state index contributed by atoms with van der Waals surface area (Å²) in [6, 6.07) is 13.4. The van der Waals surface area contributed by atoms with Gasteiger partial charge in [0.05, 0.1) is 25.1 Å². The summed E-state index contributed by atoms with van der Waals surface area (Å²) >= 11 is 0. The monoisotopic (exact) mass is 496 g/mol. The van der Waals surface area contributed by atoms with Crippen LogP contribution in [0.5, 0.6) is 5.75 Å². The van der Waals surface area contributed by atoms with E-state index in [1.807, 2.05) is 36.1 Å². The van der Waals surface area contributed by atoms with Gasteiger partial charge in [0.1, 0.15) is 23.8 Å². The largest absolute Gasteiger partial charge is 0.485 e. The van der Waals surface area contributed by atoms with Crippen LogP contribution in [0.25, 0.3) is 0 Å². The van der Waals surface area contributed by atoms with Crippen molar-refractivity contribution in [1.82, 2.24) is 9.80 Å². The predicted octanol–water partition coefficient (Wildman–Crippen LogP) is 4.86. The second-order valence-electron chi connectivity index (χ2n) is 9.67. The van der Waals surface area contributed by atoms with Crippen LogP contribution in [0, 0.1) is 5.82 Å². The SMILES string of the molecule is CCN1CCCCCCCCO[C@@H]2CN(C(=O)Cc3ccc(F)cc3)C[C@H]2Oc2ccccc2C1=O. The molecule has 0 saturated carbocycles. The maximum atomic E-state index is 13.4. The van der Waals surface area contributed by atoms with Gasteiger partial charge in [-0.1, -0.05) is 49.9 Å². The van der Waals surface area contributed by atoms with Crippen LogP contribution in [0.1, 0.15) is 61.4 Å². The second kappa shape index (κ2) is 12.9. The minimum absolute atomic E-state index is 0.0279. The first kappa shape index (κ1) is 26.1. The predicted molar refractivity (Wildman–Crippen MR) is 137 cm³/mol. The molecule has 194 valence electrons. The summed E-state index contributed by atoms with van der Waals surface area (Å²) in [4.78, 5) is 30.1. The molecule has 4 rings (SSSR count). The zero-order chi connectivity index (χ0) is 25.3. The maximum absolute atomic E-state index is 13.4. The Morgan fingerprint density at radius 2 is 1.64 bits per heavy atom. The van der Waals surface area contributed by atoms with E-state index in [1.165, 1.54) is 12.1 Å².